The number of nitrogens with two attached hydrogens (primary N) is 1. The zero-order chi connectivity index (χ0) is 10.4. The summed E-state index contributed by atoms with van der Waals surface area (Å²) in [4.78, 5) is 21.7. The molecule has 0 aliphatic heterocycles. The molecule has 0 aromatic heterocycles. The molecule has 0 rings (SSSR count). The van der Waals surface area contributed by atoms with Gasteiger partial charge in [0.05, 0.1) is 0 Å². The van der Waals surface area contributed by atoms with E-state index in [4.69, 9.17) is 15.2 Å². The Hall–Kier alpha value is -0.940. The van der Waals surface area contributed by atoms with Crippen LogP contribution >= 0.6 is 0 Å². The molecule has 0 saturated carbocycles. The SMILES string of the molecule is COC(CC(C(C)=O)C(N)=O)OC. The number of amides is 1. The molecule has 0 fully saturated rings. The minimum atomic E-state index is -0.829. The lowest BCUT2D eigenvalue weighted by Gasteiger charge is -2.16. The summed E-state index contributed by atoms with van der Waals surface area (Å²) in [6, 6.07) is 0. The minimum Gasteiger partial charge on any atom is -0.369 e. The molecule has 5 heteroatoms. The highest BCUT2D eigenvalue weighted by Crippen LogP contribution is 2.10. The van der Waals surface area contributed by atoms with Crippen LogP contribution in [0.5, 0.6) is 0 Å². The van der Waals surface area contributed by atoms with Gasteiger partial charge in [-0.25, -0.2) is 0 Å². The molecule has 1 amide bonds. The van der Waals surface area contributed by atoms with Gasteiger partial charge in [-0.15, -0.1) is 0 Å². The van der Waals surface area contributed by atoms with E-state index in [1.807, 2.05) is 0 Å². The number of ketones is 1. The van der Waals surface area contributed by atoms with Gasteiger partial charge < -0.3 is 15.2 Å². The Balaban J connectivity index is 4.24. The fourth-order valence-corrected chi connectivity index (χ4v) is 0.964. The van der Waals surface area contributed by atoms with Crippen molar-refractivity contribution in [1.29, 1.82) is 0 Å². The number of Topliss-reactive ketones (excluding diaryl/α,β-unsaturated/α-hetero) is 1. The van der Waals surface area contributed by atoms with Gasteiger partial charge in [0, 0.05) is 20.6 Å². The number of carbonyl (C=O) groups excluding carboxylic acids is 2. The van der Waals surface area contributed by atoms with Crippen molar-refractivity contribution in [2.24, 2.45) is 11.7 Å². The lowest BCUT2D eigenvalue weighted by Crippen LogP contribution is -2.33. The van der Waals surface area contributed by atoms with Crippen LogP contribution < -0.4 is 5.73 Å². The van der Waals surface area contributed by atoms with Gasteiger partial charge in [-0.3, -0.25) is 9.59 Å². The monoisotopic (exact) mass is 189 g/mol. The van der Waals surface area contributed by atoms with Crippen molar-refractivity contribution in [3.05, 3.63) is 0 Å². The Morgan fingerprint density at radius 3 is 2.00 bits per heavy atom. The quantitative estimate of drug-likeness (QED) is 0.459. The molecule has 0 heterocycles. The highest BCUT2D eigenvalue weighted by molar-refractivity contribution is 5.99. The molecule has 0 bridgehead atoms. The summed E-state index contributed by atoms with van der Waals surface area (Å²) in [5.41, 5.74) is 5.02. The molecule has 0 radical (unpaired) electrons. The summed E-state index contributed by atoms with van der Waals surface area (Å²) in [7, 11) is 2.87. The van der Waals surface area contributed by atoms with E-state index < -0.39 is 18.1 Å². The van der Waals surface area contributed by atoms with E-state index in [1.165, 1.54) is 21.1 Å². The Labute approximate surface area is 77.2 Å². The first kappa shape index (κ1) is 12.1. The van der Waals surface area contributed by atoms with Crippen LogP contribution in [0.1, 0.15) is 13.3 Å². The Kier molecular flexibility index (Phi) is 5.25. The van der Waals surface area contributed by atoms with Crippen molar-refractivity contribution >= 4 is 11.7 Å². The lowest BCUT2D eigenvalue weighted by molar-refractivity contribution is -0.143. The third-order valence-corrected chi connectivity index (χ3v) is 1.79. The van der Waals surface area contributed by atoms with E-state index in [0.717, 1.165) is 0 Å². The first-order valence-corrected chi connectivity index (χ1v) is 3.88. The van der Waals surface area contributed by atoms with Crippen LogP contribution in [0, 0.1) is 5.92 Å². The highest BCUT2D eigenvalue weighted by Gasteiger charge is 2.24. The van der Waals surface area contributed by atoms with Crippen molar-refractivity contribution in [3.8, 4) is 0 Å². The fraction of sp³-hybridized carbons (Fsp3) is 0.750. The van der Waals surface area contributed by atoms with Crippen molar-refractivity contribution in [3.63, 3.8) is 0 Å². The van der Waals surface area contributed by atoms with E-state index in [1.54, 1.807) is 0 Å². The van der Waals surface area contributed by atoms with Gasteiger partial charge >= 0.3 is 0 Å². The number of methoxy groups -OCH3 is 2. The maximum Gasteiger partial charge on any atom is 0.228 e. The number of hydrogen-bond acceptors (Lipinski definition) is 4. The summed E-state index contributed by atoms with van der Waals surface area (Å²) in [5, 5.41) is 0. The maximum atomic E-state index is 10.9. The molecule has 1 unspecified atom stereocenters. The predicted molar refractivity (Wildman–Crippen MR) is 45.8 cm³/mol. The molecular formula is C8H15NO4. The van der Waals surface area contributed by atoms with Gasteiger partial charge in [0.15, 0.2) is 6.29 Å². The summed E-state index contributed by atoms with van der Waals surface area (Å²) in [6.45, 7) is 1.32. The smallest absolute Gasteiger partial charge is 0.228 e. The fourth-order valence-electron chi connectivity index (χ4n) is 0.964. The van der Waals surface area contributed by atoms with Crippen LogP contribution in [0.3, 0.4) is 0 Å². The molecule has 13 heavy (non-hydrogen) atoms. The standard InChI is InChI=1S/C8H15NO4/c1-5(10)6(8(9)11)4-7(12-2)13-3/h6-7H,4H2,1-3H3,(H2,9,11). The molecule has 0 aromatic carbocycles. The third-order valence-electron chi connectivity index (χ3n) is 1.79. The maximum absolute atomic E-state index is 10.9. The molecule has 2 N–H and O–H groups in total. The van der Waals surface area contributed by atoms with Crippen LogP contribution in [0.25, 0.3) is 0 Å². The number of rotatable bonds is 6. The number of carbonyl (C=O) groups is 2. The molecule has 0 spiro atoms. The van der Waals surface area contributed by atoms with Crippen molar-refractivity contribution in [1.82, 2.24) is 0 Å². The van der Waals surface area contributed by atoms with Gasteiger partial charge in [-0.05, 0) is 6.92 Å². The second kappa shape index (κ2) is 5.66. The van der Waals surface area contributed by atoms with Crippen LogP contribution in [-0.2, 0) is 19.1 Å². The molecule has 0 aliphatic rings. The average Bonchev–Trinajstić information content (AvgIpc) is 2.05. The largest absolute Gasteiger partial charge is 0.369 e. The second-order valence-corrected chi connectivity index (χ2v) is 2.70. The van der Waals surface area contributed by atoms with Crippen LogP contribution in [0.2, 0.25) is 0 Å². The van der Waals surface area contributed by atoms with Gasteiger partial charge in [0.25, 0.3) is 0 Å². The second-order valence-electron chi connectivity index (χ2n) is 2.70. The first-order valence-electron chi connectivity index (χ1n) is 3.88. The van der Waals surface area contributed by atoms with Gasteiger partial charge in [-0.2, -0.15) is 0 Å². The molecule has 1 atom stereocenters. The van der Waals surface area contributed by atoms with Crippen LogP contribution in [0.15, 0.2) is 0 Å². The van der Waals surface area contributed by atoms with Crippen LogP contribution in [-0.4, -0.2) is 32.2 Å². The molecule has 0 saturated heterocycles. The Bertz CT molecular complexity index is 175. The molecule has 5 nitrogen and oxygen atoms in total. The predicted octanol–water partition coefficient (Wildman–Crippen LogP) is -0.314. The van der Waals surface area contributed by atoms with Crippen molar-refractivity contribution < 1.29 is 19.1 Å². The molecule has 0 aromatic rings. The summed E-state index contributed by atoms with van der Waals surface area (Å²) in [6.07, 6.45) is -0.404. The van der Waals surface area contributed by atoms with Crippen molar-refractivity contribution in [2.45, 2.75) is 19.6 Å². The van der Waals surface area contributed by atoms with E-state index in [9.17, 15) is 9.59 Å². The van der Waals surface area contributed by atoms with Gasteiger partial charge in [-0.1, -0.05) is 0 Å². The molecule has 0 aliphatic carbocycles. The summed E-state index contributed by atoms with van der Waals surface area (Å²) >= 11 is 0. The third kappa shape index (κ3) is 4.00. The van der Waals surface area contributed by atoms with E-state index in [2.05, 4.69) is 0 Å². The normalized spacial score (nSPS) is 12.9. The Morgan fingerprint density at radius 1 is 1.31 bits per heavy atom. The minimum absolute atomic E-state index is 0.164. The van der Waals surface area contributed by atoms with E-state index in [-0.39, 0.29) is 12.2 Å². The topological polar surface area (TPSA) is 78.6 Å². The Morgan fingerprint density at radius 2 is 1.77 bits per heavy atom. The zero-order valence-corrected chi connectivity index (χ0v) is 8.07. The van der Waals surface area contributed by atoms with E-state index in [0.29, 0.717) is 0 Å². The van der Waals surface area contributed by atoms with Crippen LogP contribution in [0.4, 0.5) is 0 Å². The summed E-state index contributed by atoms with van der Waals surface area (Å²) < 4.78 is 9.70. The number of ether oxygens (including phenoxy) is 2. The average molecular weight is 189 g/mol. The highest BCUT2D eigenvalue weighted by atomic mass is 16.7. The summed E-state index contributed by atoms with van der Waals surface area (Å²) in [5.74, 6) is -1.75. The van der Waals surface area contributed by atoms with E-state index >= 15 is 0 Å². The van der Waals surface area contributed by atoms with Gasteiger partial charge in [0.1, 0.15) is 11.7 Å². The molecule has 76 valence electrons. The lowest BCUT2D eigenvalue weighted by atomic mass is 10.0. The first-order chi connectivity index (χ1) is 6.02. The zero-order valence-electron chi connectivity index (χ0n) is 8.07. The molecular weight excluding hydrogens is 174 g/mol. The van der Waals surface area contributed by atoms with Gasteiger partial charge in [0.2, 0.25) is 5.91 Å². The number of hydrogen-bond donors (Lipinski definition) is 1. The van der Waals surface area contributed by atoms with Crippen molar-refractivity contribution in [2.75, 3.05) is 14.2 Å². The number of primary amides is 1.